The molecule has 100 valence electrons. The Labute approximate surface area is 106 Å². The van der Waals surface area contributed by atoms with E-state index in [0.29, 0.717) is 17.9 Å². The summed E-state index contributed by atoms with van der Waals surface area (Å²) in [6.45, 7) is 5.87. The summed E-state index contributed by atoms with van der Waals surface area (Å²) in [7, 11) is 0. The van der Waals surface area contributed by atoms with Crippen molar-refractivity contribution in [1.82, 2.24) is 15.1 Å². The molecule has 1 aromatic heterocycles. The highest BCUT2D eigenvalue weighted by Crippen LogP contribution is 2.14. The SMILES string of the molecule is CCn1ncc(N)c1C(=O)NCC(C)(C)C(N)=O. The molecule has 0 radical (unpaired) electrons. The molecule has 18 heavy (non-hydrogen) atoms. The first-order chi connectivity index (χ1) is 8.29. The number of carbonyl (C=O) groups excluding carboxylic acids is 2. The van der Waals surface area contributed by atoms with Crippen molar-refractivity contribution in [2.24, 2.45) is 11.1 Å². The maximum atomic E-state index is 12.0. The van der Waals surface area contributed by atoms with Crippen molar-refractivity contribution < 1.29 is 9.59 Å². The Morgan fingerprint density at radius 2 is 2.11 bits per heavy atom. The average Bonchev–Trinajstić information content (AvgIpc) is 2.67. The number of rotatable bonds is 5. The number of hydrogen-bond donors (Lipinski definition) is 3. The molecule has 7 heteroatoms. The van der Waals surface area contributed by atoms with Crippen LogP contribution in [0.15, 0.2) is 6.20 Å². The first-order valence-electron chi connectivity index (χ1n) is 5.69. The van der Waals surface area contributed by atoms with Gasteiger partial charge in [-0.25, -0.2) is 0 Å². The van der Waals surface area contributed by atoms with Crippen molar-refractivity contribution in [3.63, 3.8) is 0 Å². The van der Waals surface area contributed by atoms with E-state index in [4.69, 9.17) is 11.5 Å². The standard InChI is InChI=1S/C11H19N5O2/c1-4-16-8(7(12)5-15-16)9(17)14-6-11(2,3)10(13)18/h5H,4,6,12H2,1-3H3,(H2,13,18)(H,14,17). The lowest BCUT2D eigenvalue weighted by atomic mass is 9.93. The molecule has 0 atom stereocenters. The number of amides is 2. The maximum Gasteiger partial charge on any atom is 0.271 e. The monoisotopic (exact) mass is 253 g/mol. The van der Waals surface area contributed by atoms with Gasteiger partial charge in [-0.2, -0.15) is 5.10 Å². The smallest absolute Gasteiger partial charge is 0.271 e. The van der Waals surface area contributed by atoms with Gasteiger partial charge in [0, 0.05) is 13.1 Å². The number of carbonyl (C=O) groups is 2. The molecular formula is C11H19N5O2. The fraction of sp³-hybridized carbons (Fsp3) is 0.545. The Bertz CT molecular complexity index is 464. The van der Waals surface area contributed by atoms with Crippen molar-refractivity contribution in [3.05, 3.63) is 11.9 Å². The van der Waals surface area contributed by atoms with Crippen molar-refractivity contribution >= 4 is 17.5 Å². The summed E-state index contributed by atoms with van der Waals surface area (Å²) in [5, 5.41) is 6.62. The van der Waals surface area contributed by atoms with Crippen LogP contribution in [0.3, 0.4) is 0 Å². The van der Waals surface area contributed by atoms with E-state index in [2.05, 4.69) is 10.4 Å². The Balaban J connectivity index is 2.78. The molecule has 2 amide bonds. The molecule has 1 rings (SSSR count). The highest BCUT2D eigenvalue weighted by molar-refractivity contribution is 5.97. The molecule has 0 aromatic carbocycles. The quantitative estimate of drug-likeness (QED) is 0.669. The average molecular weight is 253 g/mol. The number of hydrogen-bond acceptors (Lipinski definition) is 4. The third-order valence-electron chi connectivity index (χ3n) is 2.74. The van der Waals surface area contributed by atoms with Crippen LogP contribution in [0, 0.1) is 5.41 Å². The number of nitrogens with one attached hydrogen (secondary N) is 1. The molecule has 1 heterocycles. The number of nitrogen functional groups attached to an aromatic ring is 1. The predicted molar refractivity (Wildman–Crippen MR) is 67.6 cm³/mol. The topological polar surface area (TPSA) is 116 Å². The number of nitrogens with two attached hydrogens (primary N) is 2. The van der Waals surface area contributed by atoms with Crippen molar-refractivity contribution in [2.75, 3.05) is 12.3 Å². The number of nitrogens with zero attached hydrogens (tertiary/aromatic N) is 2. The molecule has 0 fully saturated rings. The minimum Gasteiger partial charge on any atom is -0.396 e. The summed E-state index contributed by atoms with van der Waals surface area (Å²) < 4.78 is 1.50. The first-order valence-corrected chi connectivity index (χ1v) is 5.69. The van der Waals surface area contributed by atoms with Gasteiger partial charge in [-0.1, -0.05) is 0 Å². The molecule has 0 aliphatic heterocycles. The van der Waals surface area contributed by atoms with Gasteiger partial charge in [-0.05, 0) is 20.8 Å². The number of aromatic nitrogens is 2. The summed E-state index contributed by atoms with van der Waals surface area (Å²) in [6.07, 6.45) is 1.43. The second kappa shape index (κ2) is 5.07. The molecule has 0 aliphatic rings. The fourth-order valence-electron chi connectivity index (χ4n) is 1.36. The van der Waals surface area contributed by atoms with Gasteiger partial charge in [-0.3, -0.25) is 14.3 Å². The van der Waals surface area contributed by atoms with Gasteiger partial charge in [0.25, 0.3) is 5.91 Å². The van der Waals surface area contributed by atoms with Crippen LogP contribution in [-0.2, 0) is 11.3 Å². The van der Waals surface area contributed by atoms with E-state index in [1.165, 1.54) is 10.9 Å². The Kier molecular flexibility index (Phi) is 3.95. The van der Waals surface area contributed by atoms with Gasteiger partial charge in [-0.15, -0.1) is 0 Å². The molecule has 0 unspecified atom stereocenters. The van der Waals surface area contributed by atoms with Gasteiger partial charge < -0.3 is 16.8 Å². The lowest BCUT2D eigenvalue weighted by Crippen LogP contribution is -2.42. The summed E-state index contributed by atoms with van der Waals surface area (Å²) in [5.74, 6) is -0.832. The molecule has 0 saturated heterocycles. The van der Waals surface area contributed by atoms with Crippen LogP contribution in [0.25, 0.3) is 0 Å². The second-order valence-corrected chi connectivity index (χ2v) is 4.70. The lowest BCUT2D eigenvalue weighted by Gasteiger charge is -2.20. The van der Waals surface area contributed by atoms with Crippen molar-refractivity contribution in [3.8, 4) is 0 Å². The van der Waals surface area contributed by atoms with Crippen LogP contribution >= 0.6 is 0 Å². The number of anilines is 1. The van der Waals surface area contributed by atoms with Crippen LogP contribution in [0.5, 0.6) is 0 Å². The summed E-state index contributed by atoms with van der Waals surface area (Å²) in [6, 6.07) is 0. The zero-order chi connectivity index (χ0) is 13.9. The van der Waals surface area contributed by atoms with E-state index >= 15 is 0 Å². The van der Waals surface area contributed by atoms with E-state index in [9.17, 15) is 9.59 Å². The Morgan fingerprint density at radius 3 is 2.61 bits per heavy atom. The van der Waals surface area contributed by atoms with Crippen molar-refractivity contribution in [1.29, 1.82) is 0 Å². The van der Waals surface area contributed by atoms with E-state index in [0.717, 1.165) is 0 Å². The molecule has 7 nitrogen and oxygen atoms in total. The largest absolute Gasteiger partial charge is 0.396 e. The van der Waals surface area contributed by atoms with Gasteiger partial charge in [0.1, 0.15) is 5.69 Å². The van der Waals surface area contributed by atoms with E-state index in [1.54, 1.807) is 13.8 Å². The molecule has 5 N–H and O–H groups in total. The van der Waals surface area contributed by atoms with Gasteiger partial charge in [0.05, 0.1) is 17.3 Å². The zero-order valence-corrected chi connectivity index (χ0v) is 10.9. The molecule has 0 aliphatic carbocycles. The fourth-order valence-corrected chi connectivity index (χ4v) is 1.36. The van der Waals surface area contributed by atoms with Crippen LogP contribution < -0.4 is 16.8 Å². The lowest BCUT2D eigenvalue weighted by molar-refractivity contribution is -0.125. The summed E-state index contributed by atoms with van der Waals surface area (Å²) >= 11 is 0. The molecule has 1 aromatic rings. The minimum atomic E-state index is -0.804. The predicted octanol–water partition coefficient (Wildman–Crippen LogP) is -0.273. The van der Waals surface area contributed by atoms with Gasteiger partial charge >= 0.3 is 0 Å². The van der Waals surface area contributed by atoms with Crippen LogP contribution in [0.2, 0.25) is 0 Å². The Hall–Kier alpha value is -2.05. The third-order valence-corrected chi connectivity index (χ3v) is 2.74. The van der Waals surface area contributed by atoms with E-state index in [1.807, 2.05) is 6.92 Å². The maximum absolute atomic E-state index is 12.0. The highest BCUT2D eigenvalue weighted by atomic mass is 16.2. The number of primary amides is 1. The van der Waals surface area contributed by atoms with E-state index in [-0.39, 0.29) is 12.5 Å². The van der Waals surface area contributed by atoms with E-state index < -0.39 is 11.3 Å². The zero-order valence-electron chi connectivity index (χ0n) is 10.9. The molecular weight excluding hydrogens is 234 g/mol. The summed E-state index contributed by atoms with van der Waals surface area (Å²) in [4.78, 5) is 23.1. The van der Waals surface area contributed by atoms with Gasteiger partial charge in [0.2, 0.25) is 5.91 Å². The van der Waals surface area contributed by atoms with Crippen LogP contribution in [0.1, 0.15) is 31.3 Å². The highest BCUT2D eigenvalue weighted by Gasteiger charge is 2.26. The molecule has 0 bridgehead atoms. The third kappa shape index (κ3) is 2.79. The normalized spacial score (nSPS) is 11.3. The Morgan fingerprint density at radius 1 is 1.50 bits per heavy atom. The molecule has 0 spiro atoms. The second-order valence-electron chi connectivity index (χ2n) is 4.70. The summed E-state index contributed by atoms with van der Waals surface area (Å²) in [5.41, 5.74) is 10.7. The first kappa shape index (κ1) is 14.0. The minimum absolute atomic E-state index is 0.148. The van der Waals surface area contributed by atoms with Crippen molar-refractivity contribution in [2.45, 2.75) is 27.3 Å². The number of aryl methyl sites for hydroxylation is 1. The van der Waals surface area contributed by atoms with Crippen LogP contribution in [0.4, 0.5) is 5.69 Å². The van der Waals surface area contributed by atoms with Gasteiger partial charge in [0.15, 0.2) is 0 Å². The van der Waals surface area contributed by atoms with Crippen LogP contribution in [-0.4, -0.2) is 28.1 Å². The molecule has 0 saturated carbocycles.